The van der Waals surface area contributed by atoms with Gasteiger partial charge in [-0.25, -0.2) is 9.07 Å². The summed E-state index contributed by atoms with van der Waals surface area (Å²) >= 11 is 0. The summed E-state index contributed by atoms with van der Waals surface area (Å²) in [5.74, 6) is -2.07. The number of amides is 4. The zero-order valence-electron chi connectivity index (χ0n) is 27.5. The van der Waals surface area contributed by atoms with Crippen molar-refractivity contribution in [2.75, 3.05) is 43.4 Å². The average molecular weight is 646 g/mol. The average Bonchev–Trinajstić information content (AvgIpc) is 3.73. The molecule has 250 valence electrons. The Bertz CT molecular complexity index is 1600. The lowest BCUT2D eigenvalue weighted by Gasteiger charge is -2.36. The fourth-order valence-electron chi connectivity index (χ4n) is 6.69. The van der Waals surface area contributed by atoms with Crippen LogP contribution in [0.2, 0.25) is 0 Å². The monoisotopic (exact) mass is 645 g/mol. The number of nitrogens with one attached hydrogen (secondary N) is 2. The summed E-state index contributed by atoms with van der Waals surface area (Å²) in [6.45, 7) is 8.44. The minimum atomic E-state index is -0.967. The highest BCUT2D eigenvalue weighted by Crippen LogP contribution is 2.39. The van der Waals surface area contributed by atoms with Crippen LogP contribution >= 0.6 is 0 Å². The molecule has 11 nitrogen and oxygen atoms in total. The van der Waals surface area contributed by atoms with Crippen molar-refractivity contribution in [3.05, 3.63) is 77.2 Å². The van der Waals surface area contributed by atoms with Crippen molar-refractivity contribution >= 4 is 35.6 Å². The van der Waals surface area contributed by atoms with E-state index in [1.807, 2.05) is 38.2 Å². The van der Waals surface area contributed by atoms with Gasteiger partial charge in [0.05, 0.1) is 11.9 Å². The van der Waals surface area contributed by atoms with Crippen molar-refractivity contribution in [1.82, 2.24) is 24.9 Å². The molecule has 47 heavy (non-hydrogen) atoms. The van der Waals surface area contributed by atoms with E-state index >= 15 is 4.39 Å². The molecule has 2 aliphatic rings. The number of aryl methyl sites for hydroxylation is 2. The summed E-state index contributed by atoms with van der Waals surface area (Å²) in [6, 6.07) is 12.1. The number of hydrogen-bond acceptors (Lipinski definition) is 6. The first-order chi connectivity index (χ1) is 22.7. The van der Waals surface area contributed by atoms with Gasteiger partial charge in [-0.15, -0.1) is 0 Å². The number of hydrogen-bond donors (Lipinski definition) is 2. The lowest BCUT2D eigenvalue weighted by atomic mass is 9.90. The molecular weight excluding hydrogens is 601 g/mol. The van der Waals surface area contributed by atoms with Crippen LogP contribution in [0.4, 0.5) is 15.9 Å². The second kappa shape index (κ2) is 14.9. The van der Waals surface area contributed by atoms with E-state index in [1.54, 1.807) is 41.8 Å². The number of carbonyl (C=O) groups excluding carboxylic acids is 4. The molecule has 2 heterocycles. The lowest BCUT2D eigenvalue weighted by molar-refractivity contribution is -0.138. The summed E-state index contributed by atoms with van der Waals surface area (Å²) in [6.07, 6.45) is 3.83. The summed E-state index contributed by atoms with van der Waals surface area (Å²) in [4.78, 5) is 58.1. The van der Waals surface area contributed by atoms with Crippen LogP contribution in [-0.4, -0.2) is 89.0 Å². The SMILES string of the molecule is CCC(=O)N[C@@H](C(=O)N1CCN(C)CC1)[C@@H](C)c1ccc(NC(=O)[C@H]([C@@H]2CCc3ccccc32)N(C=O)c2ccnn2CC)c(F)c1. The molecule has 0 unspecified atom stereocenters. The lowest BCUT2D eigenvalue weighted by Crippen LogP contribution is -2.55. The van der Waals surface area contributed by atoms with Crippen LogP contribution in [0.3, 0.4) is 0 Å². The fraction of sp³-hybridized carbons (Fsp3) is 0.457. The maximum atomic E-state index is 15.8. The van der Waals surface area contributed by atoms with Gasteiger partial charge in [-0.2, -0.15) is 5.10 Å². The summed E-state index contributed by atoms with van der Waals surface area (Å²) in [5, 5.41) is 9.90. The van der Waals surface area contributed by atoms with E-state index < -0.39 is 29.7 Å². The molecule has 2 aromatic carbocycles. The molecule has 0 spiro atoms. The number of carbonyl (C=O) groups is 4. The molecule has 5 rings (SSSR count). The van der Waals surface area contributed by atoms with Crippen molar-refractivity contribution in [2.45, 2.75) is 70.5 Å². The predicted octanol–water partition coefficient (Wildman–Crippen LogP) is 3.51. The largest absolute Gasteiger partial charge is 0.344 e. The molecule has 1 saturated heterocycles. The van der Waals surface area contributed by atoms with Gasteiger partial charge in [0.2, 0.25) is 24.1 Å². The van der Waals surface area contributed by atoms with Gasteiger partial charge >= 0.3 is 0 Å². The smallest absolute Gasteiger partial charge is 0.248 e. The van der Waals surface area contributed by atoms with Gasteiger partial charge in [-0.3, -0.25) is 24.1 Å². The Kier molecular flexibility index (Phi) is 10.7. The first-order valence-electron chi connectivity index (χ1n) is 16.4. The van der Waals surface area contributed by atoms with Crippen LogP contribution in [-0.2, 0) is 32.1 Å². The number of likely N-dealkylation sites (N-methyl/N-ethyl adjacent to an activating group) is 1. The van der Waals surface area contributed by atoms with Crippen molar-refractivity contribution in [1.29, 1.82) is 0 Å². The highest BCUT2D eigenvalue weighted by atomic mass is 19.1. The molecule has 1 aliphatic heterocycles. The molecular formula is C35H44FN7O4. The number of piperazine rings is 1. The van der Waals surface area contributed by atoms with E-state index in [0.717, 1.165) is 30.6 Å². The first kappa shape index (κ1) is 33.8. The number of nitrogens with zero attached hydrogens (tertiary/aromatic N) is 5. The Labute approximate surface area is 275 Å². The fourth-order valence-corrected chi connectivity index (χ4v) is 6.69. The van der Waals surface area contributed by atoms with Gasteiger partial charge in [0.15, 0.2) is 0 Å². The van der Waals surface area contributed by atoms with Crippen molar-refractivity contribution in [3.8, 4) is 0 Å². The van der Waals surface area contributed by atoms with E-state index in [-0.39, 0.29) is 29.8 Å². The van der Waals surface area contributed by atoms with E-state index in [2.05, 4.69) is 20.6 Å². The highest BCUT2D eigenvalue weighted by Gasteiger charge is 2.40. The summed E-state index contributed by atoms with van der Waals surface area (Å²) in [5.41, 5.74) is 2.56. The van der Waals surface area contributed by atoms with Crippen molar-refractivity contribution in [2.24, 2.45) is 0 Å². The van der Waals surface area contributed by atoms with Crippen molar-refractivity contribution in [3.63, 3.8) is 0 Å². The van der Waals surface area contributed by atoms with Crippen LogP contribution in [0.15, 0.2) is 54.7 Å². The third-order valence-electron chi connectivity index (χ3n) is 9.50. The minimum Gasteiger partial charge on any atom is -0.344 e. The molecule has 2 N–H and O–H groups in total. The van der Waals surface area contributed by atoms with Crippen LogP contribution in [0, 0.1) is 5.82 Å². The van der Waals surface area contributed by atoms with Crippen LogP contribution in [0.5, 0.6) is 0 Å². The molecule has 1 aromatic heterocycles. The summed E-state index contributed by atoms with van der Waals surface area (Å²) in [7, 11) is 2.00. The molecule has 1 fully saturated rings. The van der Waals surface area contributed by atoms with Gasteiger partial charge in [0.25, 0.3) is 0 Å². The normalized spacial score (nSPS) is 18.1. The standard InChI is InChI=1S/C35H44FN7O4/c1-5-30(45)39-32(35(47)41-19-17-40(4)18-20-41)23(3)25-12-14-29(28(36)21-25)38-34(46)33(27-13-11-24-9-7-8-10-26(24)27)42(22-44)31-15-16-37-43(31)6-2/h7-10,12,14-16,21-23,27,32-33H,5-6,11,13,17-20H2,1-4H3,(H,38,46)(H,39,45)/t23-,27+,32+,33-/m0/s1. The zero-order valence-corrected chi connectivity index (χ0v) is 27.5. The van der Waals surface area contributed by atoms with Gasteiger partial charge in [-0.1, -0.05) is 44.2 Å². The number of halogens is 1. The Morgan fingerprint density at radius 1 is 1.09 bits per heavy atom. The molecule has 12 heteroatoms. The number of aromatic nitrogens is 2. The molecule has 4 amide bonds. The Balaban J connectivity index is 1.41. The van der Waals surface area contributed by atoms with Crippen LogP contribution < -0.4 is 15.5 Å². The highest BCUT2D eigenvalue weighted by molar-refractivity contribution is 6.01. The van der Waals surface area contributed by atoms with Gasteiger partial charge in [-0.05, 0) is 55.6 Å². The van der Waals surface area contributed by atoms with Crippen LogP contribution in [0.1, 0.15) is 62.1 Å². The van der Waals surface area contributed by atoms with E-state index in [4.69, 9.17) is 0 Å². The molecule has 4 atom stereocenters. The third-order valence-corrected chi connectivity index (χ3v) is 9.50. The van der Waals surface area contributed by atoms with Crippen molar-refractivity contribution < 1.29 is 23.6 Å². The Morgan fingerprint density at radius 2 is 1.83 bits per heavy atom. The molecule has 0 saturated carbocycles. The van der Waals surface area contributed by atoms with Crippen LogP contribution in [0.25, 0.3) is 0 Å². The number of benzene rings is 2. The molecule has 3 aromatic rings. The second-order valence-electron chi connectivity index (χ2n) is 12.4. The topological polar surface area (TPSA) is 120 Å². The Hall–Kier alpha value is -4.58. The predicted molar refractivity (Wildman–Crippen MR) is 177 cm³/mol. The maximum Gasteiger partial charge on any atom is 0.248 e. The van der Waals surface area contributed by atoms with Gasteiger partial charge in [0, 0.05) is 57.0 Å². The van der Waals surface area contributed by atoms with E-state index in [0.29, 0.717) is 43.8 Å². The zero-order chi connectivity index (χ0) is 33.7. The summed E-state index contributed by atoms with van der Waals surface area (Å²) < 4.78 is 17.5. The van der Waals surface area contributed by atoms with Gasteiger partial charge in [0.1, 0.15) is 23.7 Å². The number of fused-ring (bicyclic) bond motifs is 1. The molecule has 0 bridgehead atoms. The van der Waals surface area contributed by atoms with E-state index in [9.17, 15) is 19.2 Å². The molecule has 1 aliphatic carbocycles. The van der Waals surface area contributed by atoms with Gasteiger partial charge < -0.3 is 20.4 Å². The maximum absolute atomic E-state index is 15.8. The first-order valence-corrected chi connectivity index (χ1v) is 16.4. The Morgan fingerprint density at radius 3 is 2.51 bits per heavy atom. The second-order valence-corrected chi connectivity index (χ2v) is 12.4. The number of rotatable bonds is 12. The quantitative estimate of drug-likeness (QED) is 0.291. The van der Waals surface area contributed by atoms with E-state index in [1.165, 1.54) is 17.0 Å². The number of anilines is 2. The molecule has 0 radical (unpaired) electrons. The minimum absolute atomic E-state index is 0.0448. The third kappa shape index (κ3) is 7.22.